The molecule has 0 spiro atoms. The van der Waals surface area contributed by atoms with E-state index in [1.165, 1.54) is 6.33 Å². The van der Waals surface area contributed by atoms with Gasteiger partial charge in [0.2, 0.25) is 5.95 Å². The molecule has 0 saturated carbocycles. The first-order chi connectivity index (χ1) is 17.8. The fourth-order valence-electron chi connectivity index (χ4n) is 4.30. The van der Waals surface area contributed by atoms with Crippen molar-refractivity contribution in [1.29, 1.82) is 0 Å². The maximum atomic E-state index is 13.7. The summed E-state index contributed by atoms with van der Waals surface area (Å²) < 4.78 is 5.17. The number of nitrogens with zero attached hydrogens (tertiary/aromatic N) is 9. The van der Waals surface area contributed by atoms with Gasteiger partial charge in [0.1, 0.15) is 6.33 Å². The highest BCUT2D eigenvalue weighted by molar-refractivity contribution is 5.70. The van der Waals surface area contributed by atoms with Gasteiger partial charge in [0.15, 0.2) is 5.82 Å². The van der Waals surface area contributed by atoms with E-state index in [2.05, 4.69) is 42.6 Å². The molecule has 37 heavy (non-hydrogen) atoms. The fourth-order valence-corrected chi connectivity index (χ4v) is 4.30. The van der Waals surface area contributed by atoms with Crippen LogP contribution in [0.25, 0.3) is 28.5 Å². The lowest BCUT2D eigenvalue weighted by molar-refractivity contribution is 0.349. The van der Waals surface area contributed by atoms with Gasteiger partial charge in [-0.1, -0.05) is 31.5 Å². The van der Waals surface area contributed by atoms with Crippen LogP contribution in [0.4, 0.5) is 0 Å². The average Bonchev–Trinajstić information content (AvgIpc) is 3.65. The summed E-state index contributed by atoms with van der Waals surface area (Å²) in [4.78, 5) is 22.7. The summed E-state index contributed by atoms with van der Waals surface area (Å²) in [6.45, 7) is 8.61. The van der Waals surface area contributed by atoms with E-state index in [0.29, 0.717) is 18.3 Å². The number of aromatic nitrogens is 10. The van der Waals surface area contributed by atoms with Gasteiger partial charge in [0.25, 0.3) is 0 Å². The maximum Gasteiger partial charge on any atom is 0.335 e. The maximum absolute atomic E-state index is 13.7. The van der Waals surface area contributed by atoms with Gasteiger partial charge >= 0.3 is 5.69 Å². The van der Waals surface area contributed by atoms with Crippen LogP contribution in [0, 0.1) is 0 Å². The summed E-state index contributed by atoms with van der Waals surface area (Å²) in [5.74, 6) is 1.11. The second-order valence-electron chi connectivity index (χ2n) is 9.97. The second kappa shape index (κ2) is 9.92. The van der Waals surface area contributed by atoms with Crippen molar-refractivity contribution >= 4 is 0 Å². The minimum absolute atomic E-state index is 0.156. The molecule has 5 aromatic rings. The lowest BCUT2D eigenvalue weighted by atomic mass is 10.0. The van der Waals surface area contributed by atoms with Gasteiger partial charge < -0.3 is 0 Å². The molecule has 0 fully saturated rings. The van der Waals surface area contributed by atoms with Crippen molar-refractivity contribution in [3.63, 3.8) is 0 Å². The predicted molar refractivity (Wildman–Crippen MR) is 139 cm³/mol. The number of nitrogens with one attached hydrogen (secondary N) is 1. The molecule has 0 radical (unpaired) electrons. The predicted octanol–water partition coefficient (Wildman–Crippen LogP) is 3.62. The number of H-pyrrole nitrogens is 1. The molecule has 0 amide bonds. The zero-order valence-corrected chi connectivity index (χ0v) is 21.5. The number of imidazole rings is 1. The molecular weight excluding hydrogens is 468 g/mol. The highest BCUT2D eigenvalue weighted by Gasteiger charge is 2.23. The van der Waals surface area contributed by atoms with Gasteiger partial charge in [-0.25, -0.2) is 19.1 Å². The molecule has 0 bridgehead atoms. The molecule has 4 heterocycles. The van der Waals surface area contributed by atoms with Crippen LogP contribution in [0.2, 0.25) is 0 Å². The van der Waals surface area contributed by atoms with Gasteiger partial charge in [-0.2, -0.15) is 10.1 Å². The monoisotopic (exact) mass is 498 g/mol. The highest BCUT2D eigenvalue weighted by atomic mass is 16.2. The van der Waals surface area contributed by atoms with Crippen molar-refractivity contribution in [2.45, 2.75) is 59.0 Å². The van der Waals surface area contributed by atoms with E-state index in [1.54, 1.807) is 20.0 Å². The number of rotatable bonds is 8. The number of hydrogen-bond acceptors (Lipinski definition) is 7. The van der Waals surface area contributed by atoms with E-state index in [-0.39, 0.29) is 11.2 Å². The molecule has 0 aliphatic carbocycles. The van der Waals surface area contributed by atoms with Gasteiger partial charge in [-0.3, -0.25) is 9.55 Å². The largest absolute Gasteiger partial charge is 0.335 e. The molecule has 0 aliphatic rings. The van der Waals surface area contributed by atoms with E-state index in [1.807, 2.05) is 63.4 Å². The lowest BCUT2D eigenvalue weighted by Crippen LogP contribution is -2.31. The van der Waals surface area contributed by atoms with Crippen LogP contribution >= 0.6 is 0 Å². The Morgan fingerprint density at radius 1 is 1.03 bits per heavy atom. The third-order valence-electron chi connectivity index (χ3n) is 6.18. The lowest BCUT2D eigenvalue weighted by Gasteiger charge is -2.20. The number of pyridine rings is 1. The van der Waals surface area contributed by atoms with Crippen molar-refractivity contribution in [2.24, 2.45) is 0 Å². The molecule has 0 atom stereocenters. The summed E-state index contributed by atoms with van der Waals surface area (Å²) in [5, 5.41) is 18.5. The first kappa shape index (κ1) is 24.3. The molecule has 1 N–H and O–H groups in total. The van der Waals surface area contributed by atoms with Crippen molar-refractivity contribution in [1.82, 2.24) is 49.5 Å². The Balaban J connectivity index is 1.51. The topological polar surface area (TPSA) is 125 Å². The molecule has 4 aromatic heterocycles. The third kappa shape index (κ3) is 4.97. The number of benzene rings is 1. The Morgan fingerprint density at radius 2 is 1.84 bits per heavy atom. The normalized spacial score (nSPS) is 11.8. The van der Waals surface area contributed by atoms with Gasteiger partial charge in [0.05, 0.1) is 17.8 Å². The van der Waals surface area contributed by atoms with E-state index in [9.17, 15) is 4.79 Å². The Morgan fingerprint density at radius 3 is 2.59 bits per heavy atom. The Hall–Kier alpha value is -4.41. The van der Waals surface area contributed by atoms with Gasteiger partial charge in [0, 0.05) is 23.7 Å². The van der Waals surface area contributed by atoms with E-state index in [0.717, 1.165) is 47.3 Å². The van der Waals surface area contributed by atoms with Crippen molar-refractivity contribution in [3.05, 3.63) is 77.0 Å². The first-order valence-electron chi connectivity index (χ1n) is 12.4. The van der Waals surface area contributed by atoms with Crippen LogP contribution < -0.4 is 5.69 Å². The zero-order valence-electron chi connectivity index (χ0n) is 21.5. The van der Waals surface area contributed by atoms with E-state index < -0.39 is 0 Å². The molecule has 11 heteroatoms. The minimum Gasteiger partial charge on any atom is -0.290 e. The van der Waals surface area contributed by atoms with Crippen LogP contribution in [-0.4, -0.2) is 49.5 Å². The molecule has 0 unspecified atom stereocenters. The summed E-state index contributed by atoms with van der Waals surface area (Å²) in [7, 11) is 0. The van der Waals surface area contributed by atoms with Crippen molar-refractivity contribution in [3.8, 4) is 28.5 Å². The zero-order chi connectivity index (χ0) is 26.0. The Labute approximate surface area is 214 Å². The number of unbranched alkanes of at least 4 members (excludes halogenated alkanes) is 1. The summed E-state index contributed by atoms with van der Waals surface area (Å²) in [5.41, 5.74) is 4.15. The second-order valence-corrected chi connectivity index (χ2v) is 9.97. The van der Waals surface area contributed by atoms with Crippen LogP contribution in [0.1, 0.15) is 51.9 Å². The molecule has 0 saturated heterocycles. The summed E-state index contributed by atoms with van der Waals surface area (Å²) in [6, 6.07) is 11.9. The number of tetrazole rings is 1. The van der Waals surface area contributed by atoms with Crippen LogP contribution in [0.15, 0.2) is 59.9 Å². The molecule has 0 aliphatic heterocycles. The highest BCUT2D eigenvalue weighted by Crippen LogP contribution is 2.25. The van der Waals surface area contributed by atoms with Crippen molar-refractivity contribution < 1.29 is 0 Å². The molecule has 11 nitrogen and oxygen atoms in total. The number of aromatic amines is 1. The molecule has 1 aromatic carbocycles. The van der Waals surface area contributed by atoms with Gasteiger partial charge in [-0.15, -0.1) is 5.10 Å². The summed E-state index contributed by atoms with van der Waals surface area (Å²) >= 11 is 0. The Bertz CT molecular complexity index is 1550. The van der Waals surface area contributed by atoms with Crippen LogP contribution in [-0.2, 0) is 18.5 Å². The first-order valence-corrected chi connectivity index (χ1v) is 12.4. The number of aryl methyl sites for hydroxylation is 1. The number of hydrogen-bond donors (Lipinski definition) is 1. The minimum atomic E-state index is -0.316. The molecular formula is C26H30N10O. The Kier molecular flexibility index (Phi) is 6.51. The smallest absolute Gasteiger partial charge is 0.290 e. The van der Waals surface area contributed by atoms with Gasteiger partial charge in [-0.05, 0) is 73.4 Å². The van der Waals surface area contributed by atoms with E-state index >= 15 is 0 Å². The third-order valence-corrected chi connectivity index (χ3v) is 6.18. The van der Waals surface area contributed by atoms with Crippen LogP contribution in [0.3, 0.4) is 0 Å². The molecule has 5 rings (SSSR count). The average molecular weight is 499 g/mol. The summed E-state index contributed by atoms with van der Waals surface area (Å²) in [6.07, 6.45) is 7.95. The quantitative estimate of drug-likeness (QED) is 0.346. The fraction of sp³-hybridized carbons (Fsp3) is 0.346. The van der Waals surface area contributed by atoms with Crippen molar-refractivity contribution in [2.75, 3.05) is 0 Å². The standard InChI is InChI=1S/C26H30N10O/c1-5-6-10-22-16-35(24-28-17-29-36(24)26(2,3)4)25(37)34(22)15-21-14-19(11-12-27-21)18-8-7-9-20(13-18)23-30-32-33-31-23/h7-9,11-14,16-17H,5-6,10,15H2,1-4H3,(H,30,31,32,33). The molecule has 190 valence electrons. The SMILES string of the molecule is CCCCc1cn(-c2ncnn2C(C)(C)C)c(=O)n1Cc1cc(-c2cccc(-c3nnn[nH]3)c2)ccn1. The van der Waals surface area contributed by atoms with E-state index in [4.69, 9.17) is 0 Å². The van der Waals surface area contributed by atoms with Crippen LogP contribution in [0.5, 0.6) is 0 Å².